The minimum atomic E-state index is -0.397. The van der Waals surface area contributed by atoms with Crippen LogP contribution in [0.5, 0.6) is 0 Å². The second-order valence-electron chi connectivity index (χ2n) is 7.64. The molecule has 31 heavy (non-hydrogen) atoms. The molecule has 3 heterocycles. The summed E-state index contributed by atoms with van der Waals surface area (Å²) in [6.45, 7) is 0.351. The number of anilines is 1. The molecule has 1 aromatic carbocycles. The molecule has 0 saturated heterocycles. The fourth-order valence-electron chi connectivity index (χ4n) is 3.84. The molecule has 4 aromatic rings. The summed E-state index contributed by atoms with van der Waals surface area (Å²) in [4.78, 5) is 25.3. The van der Waals surface area contributed by atoms with Crippen molar-refractivity contribution >= 4 is 17.4 Å². The quantitative estimate of drug-likeness (QED) is 0.428. The number of rotatable bonds is 7. The van der Waals surface area contributed by atoms with Gasteiger partial charge in [0, 0.05) is 41.8 Å². The van der Waals surface area contributed by atoms with Crippen LogP contribution in [0.25, 0.3) is 28.2 Å². The normalized spacial score (nSPS) is 13.5. The molecule has 156 valence electrons. The molecule has 0 spiro atoms. The van der Waals surface area contributed by atoms with E-state index >= 15 is 0 Å². The van der Waals surface area contributed by atoms with E-state index < -0.39 is 5.91 Å². The molecule has 0 unspecified atom stereocenters. The van der Waals surface area contributed by atoms with Gasteiger partial charge < -0.3 is 16.2 Å². The lowest BCUT2D eigenvalue weighted by molar-refractivity contribution is 0.0999. The van der Waals surface area contributed by atoms with Crippen LogP contribution in [0.2, 0.25) is 0 Å². The van der Waals surface area contributed by atoms with Crippen molar-refractivity contribution in [2.75, 3.05) is 18.5 Å². The number of nitrogens with zero attached hydrogens (tertiary/aromatic N) is 4. The number of amides is 1. The number of hydrogen-bond acceptors (Lipinski definition) is 6. The highest BCUT2D eigenvalue weighted by Crippen LogP contribution is 2.43. The number of hydrogen-bond donors (Lipinski definition) is 3. The Labute approximate surface area is 178 Å². The first-order valence-corrected chi connectivity index (χ1v) is 10.2. The molecule has 5 rings (SSSR count). The summed E-state index contributed by atoms with van der Waals surface area (Å²) in [6.07, 6.45) is 9.33. The smallest absolute Gasteiger partial charge is 0.248 e. The summed E-state index contributed by atoms with van der Waals surface area (Å²) in [7, 11) is 0. The van der Waals surface area contributed by atoms with E-state index in [1.807, 2.05) is 28.8 Å². The first-order valence-electron chi connectivity index (χ1n) is 10.2. The number of carbonyl (C=O) groups is 1. The van der Waals surface area contributed by atoms with E-state index in [0.29, 0.717) is 29.5 Å². The minimum absolute atomic E-state index is 0.0137. The summed E-state index contributed by atoms with van der Waals surface area (Å²) in [5, 5.41) is 12.4. The summed E-state index contributed by atoms with van der Waals surface area (Å²) in [6, 6.07) is 9.55. The van der Waals surface area contributed by atoms with Gasteiger partial charge in [-0.15, -0.1) is 0 Å². The van der Waals surface area contributed by atoms with Crippen LogP contribution in [0.15, 0.2) is 55.1 Å². The zero-order valence-electron chi connectivity index (χ0n) is 16.8. The minimum Gasteiger partial charge on any atom is -0.395 e. The second kappa shape index (κ2) is 7.81. The van der Waals surface area contributed by atoms with Crippen LogP contribution in [0.4, 0.5) is 5.82 Å². The molecule has 8 nitrogen and oxygen atoms in total. The molecule has 0 bridgehead atoms. The van der Waals surface area contributed by atoms with Crippen molar-refractivity contribution in [2.45, 2.75) is 18.8 Å². The number of aliphatic hydroxyl groups is 1. The van der Waals surface area contributed by atoms with E-state index in [4.69, 9.17) is 10.7 Å². The van der Waals surface area contributed by atoms with Crippen LogP contribution < -0.4 is 11.1 Å². The van der Waals surface area contributed by atoms with Gasteiger partial charge in [0.1, 0.15) is 0 Å². The van der Waals surface area contributed by atoms with Gasteiger partial charge in [-0.25, -0.2) is 9.97 Å². The summed E-state index contributed by atoms with van der Waals surface area (Å²) < 4.78 is 1.98. The molecule has 1 amide bonds. The van der Waals surface area contributed by atoms with Crippen LogP contribution in [-0.2, 0) is 0 Å². The maximum Gasteiger partial charge on any atom is 0.248 e. The van der Waals surface area contributed by atoms with Gasteiger partial charge in [-0.2, -0.15) is 0 Å². The number of aromatic nitrogens is 4. The predicted octanol–water partition coefficient (Wildman–Crippen LogP) is 2.84. The number of primary amides is 1. The number of carbonyl (C=O) groups excluding carboxylic acids is 1. The van der Waals surface area contributed by atoms with Gasteiger partial charge >= 0.3 is 0 Å². The Morgan fingerprint density at radius 1 is 1.19 bits per heavy atom. The maximum atomic E-state index is 11.9. The maximum absolute atomic E-state index is 11.9. The van der Waals surface area contributed by atoms with Gasteiger partial charge in [0.25, 0.3) is 0 Å². The average Bonchev–Trinajstić information content (AvgIpc) is 3.56. The van der Waals surface area contributed by atoms with Crippen LogP contribution in [0, 0.1) is 0 Å². The molecule has 1 saturated carbocycles. The van der Waals surface area contributed by atoms with Crippen LogP contribution in [0.3, 0.4) is 0 Å². The van der Waals surface area contributed by atoms with Crippen LogP contribution in [0.1, 0.15) is 34.7 Å². The zero-order valence-corrected chi connectivity index (χ0v) is 16.8. The Balaban J connectivity index is 1.68. The Morgan fingerprint density at radius 3 is 2.71 bits per heavy atom. The molecule has 1 aliphatic carbocycles. The molecule has 0 atom stereocenters. The molecule has 8 heteroatoms. The molecule has 4 N–H and O–H groups in total. The first-order chi connectivity index (χ1) is 15.2. The van der Waals surface area contributed by atoms with Gasteiger partial charge in [0.15, 0.2) is 11.5 Å². The van der Waals surface area contributed by atoms with E-state index in [1.54, 1.807) is 24.7 Å². The van der Waals surface area contributed by atoms with Gasteiger partial charge in [-0.3, -0.25) is 14.2 Å². The first kappa shape index (κ1) is 19.2. The topological polar surface area (TPSA) is 118 Å². The lowest BCUT2D eigenvalue weighted by Crippen LogP contribution is -2.13. The molecule has 1 fully saturated rings. The van der Waals surface area contributed by atoms with E-state index in [9.17, 15) is 9.90 Å². The van der Waals surface area contributed by atoms with E-state index in [-0.39, 0.29) is 6.61 Å². The third-order valence-electron chi connectivity index (χ3n) is 5.50. The number of imidazole rings is 1. The highest BCUT2D eigenvalue weighted by molar-refractivity contribution is 5.95. The van der Waals surface area contributed by atoms with Crippen molar-refractivity contribution < 1.29 is 9.90 Å². The van der Waals surface area contributed by atoms with Crippen LogP contribution in [-0.4, -0.2) is 43.5 Å². The Hall–Kier alpha value is -3.78. The molecule has 0 radical (unpaired) electrons. The molecule has 3 aromatic heterocycles. The van der Waals surface area contributed by atoms with Gasteiger partial charge in [0.05, 0.1) is 24.2 Å². The number of nitrogens with one attached hydrogen (secondary N) is 1. The number of aliphatic hydroxyl groups excluding tert-OH is 1. The number of pyridine rings is 1. The standard InChI is InChI=1S/C23H22N6O2/c24-21(31)17-4-3-16(11-18(17)14-1-2-14)20-12-27-23-22(26-9-10-30)28-19(13-29(20)23)15-5-7-25-8-6-15/h3-8,11-14,30H,1-2,9-10H2,(H2,24,31)(H,26,28). The summed E-state index contributed by atoms with van der Waals surface area (Å²) in [5.74, 6) is 0.578. The van der Waals surface area contributed by atoms with Crippen molar-refractivity contribution in [3.05, 3.63) is 66.2 Å². The lowest BCUT2D eigenvalue weighted by Gasteiger charge is -2.12. The van der Waals surface area contributed by atoms with Crippen molar-refractivity contribution in [3.63, 3.8) is 0 Å². The van der Waals surface area contributed by atoms with Gasteiger partial charge in [-0.1, -0.05) is 6.07 Å². The van der Waals surface area contributed by atoms with Crippen molar-refractivity contribution in [1.29, 1.82) is 0 Å². The zero-order chi connectivity index (χ0) is 21.4. The Morgan fingerprint density at radius 2 is 2.00 bits per heavy atom. The molecular formula is C23H22N6O2. The molecule has 0 aliphatic heterocycles. The van der Waals surface area contributed by atoms with Gasteiger partial charge in [-0.05, 0) is 48.6 Å². The monoisotopic (exact) mass is 414 g/mol. The van der Waals surface area contributed by atoms with Crippen LogP contribution >= 0.6 is 0 Å². The average molecular weight is 414 g/mol. The van der Waals surface area contributed by atoms with E-state index in [1.165, 1.54) is 0 Å². The largest absolute Gasteiger partial charge is 0.395 e. The van der Waals surface area contributed by atoms with Crippen molar-refractivity contribution in [3.8, 4) is 22.5 Å². The van der Waals surface area contributed by atoms with E-state index in [2.05, 4.69) is 21.4 Å². The lowest BCUT2D eigenvalue weighted by atomic mass is 9.98. The van der Waals surface area contributed by atoms with Gasteiger partial charge in [0.2, 0.25) is 5.91 Å². The third-order valence-corrected chi connectivity index (χ3v) is 5.50. The third kappa shape index (κ3) is 3.62. The highest BCUT2D eigenvalue weighted by Gasteiger charge is 2.28. The second-order valence-corrected chi connectivity index (χ2v) is 7.64. The number of benzene rings is 1. The number of fused-ring (bicyclic) bond motifs is 1. The fraction of sp³-hybridized carbons (Fsp3) is 0.217. The van der Waals surface area contributed by atoms with Crippen molar-refractivity contribution in [1.82, 2.24) is 19.4 Å². The molecule has 1 aliphatic rings. The fourth-order valence-corrected chi connectivity index (χ4v) is 3.84. The SMILES string of the molecule is NC(=O)c1ccc(-c2cnc3c(NCCO)nc(-c4ccncc4)cn23)cc1C1CC1. The number of nitrogens with two attached hydrogens (primary N) is 1. The highest BCUT2D eigenvalue weighted by atomic mass is 16.3. The van der Waals surface area contributed by atoms with E-state index in [0.717, 1.165) is 40.9 Å². The molecular weight excluding hydrogens is 392 g/mol. The predicted molar refractivity (Wildman–Crippen MR) is 118 cm³/mol. The Bertz CT molecular complexity index is 1260. The Kier molecular flexibility index (Phi) is 4.83. The summed E-state index contributed by atoms with van der Waals surface area (Å²) in [5.41, 5.74) is 11.4. The summed E-state index contributed by atoms with van der Waals surface area (Å²) >= 11 is 0. The van der Waals surface area contributed by atoms with Crippen molar-refractivity contribution in [2.24, 2.45) is 5.73 Å².